The molecule has 0 saturated heterocycles. The first-order chi connectivity index (χ1) is 12.8. The summed E-state index contributed by atoms with van der Waals surface area (Å²) < 4.78 is 10.4. The molecule has 1 aliphatic carbocycles. The van der Waals surface area contributed by atoms with Crippen molar-refractivity contribution in [2.75, 3.05) is 14.2 Å². The minimum Gasteiger partial charge on any atom is -0.501 e. The van der Waals surface area contributed by atoms with Crippen LogP contribution in [0.5, 0.6) is 0 Å². The molecule has 0 spiro atoms. The van der Waals surface area contributed by atoms with Crippen LogP contribution >= 0.6 is 0 Å². The van der Waals surface area contributed by atoms with Crippen LogP contribution in [0.1, 0.15) is 24.5 Å². The van der Waals surface area contributed by atoms with E-state index in [0.717, 1.165) is 35.3 Å². The van der Waals surface area contributed by atoms with Crippen molar-refractivity contribution in [3.05, 3.63) is 76.6 Å². The smallest absolute Gasteiger partial charge is 0.145 e. The van der Waals surface area contributed by atoms with E-state index in [2.05, 4.69) is 38.5 Å². The lowest BCUT2D eigenvalue weighted by Gasteiger charge is -2.16. The summed E-state index contributed by atoms with van der Waals surface area (Å²) >= 11 is 0. The summed E-state index contributed by atoms with van der Waals surface area (Å²) in [4.78, 5) is 18.5. The van der Waals surface area contributed by atoms with Gasteiger partial charge in [-0.05, 0) is 58.7 Å². The Labute approximate surface area is 161 Å². The van der Waals surface area contributed by atoms with Gasteiger partial charge in [-0.3, -0.25) is 9.59 Å². The zero-order chi connectivity index (χ0) is 20.8. The summed E-state index contributed by atoms with van der Waals surface area (Å²) in [5.41, 5.74) is 3.06. The van der Waals surface area contributed by atoms with Crippen LogP contribution in [0.25, 0.3) is 18.7 Å². The molecule has 0 bridgehead atoms. The highest BCUT2D eigenvalue weighted by Crippen LogP contribution is 2.20. The number of hydrogen-bond donors (Lipinski definition) is 0. The third-order valence-electron chi connectivity index (χ3n) is 3.58. The number of carbonyl (C=O) groups excluding carboxylic acids is 2. The number of methoxy groups -OCH3 is 2. The van der Waals surface area contributed by atoms with Crippen LogP contribution < -0.4 is 10.4 Å². The average Bonchev–Trinajstić information content (AvgIpc) is 2.70. The van der Waals surface area contributed by atoms with Crippen molar-refractivity contribution in [3.8, 4) is 0 Å². The van der Waals surface area contributed by atoms with E-state index in [1.165, 1.54) is 17.2 Å². The van der Waals surface area contributed by atoms with Gasteiger partial charge in [0.1, 0.15) is 18.3 Å². The molecule has 27 heavy (non-hydrogen) atoms. The Hall–Kier alpha value is -3.14. The summed E-state index contributed by atoms with van der Waals surface area (Å²) in [7, 11) is 3.33. The fourth-order valence-corrected chi connectivity index (χ4v) is 2.18. The molecule has 144 valence electrons. The molecule has 0 N–H and O–H groups in total. The summed E-state index contributed by atoms with van der Waals surface area (Å²) in [5.74, 6) is 1.67. The van der Waals surface area contributed by atoms with Crippen LogP contribution in [-0.2, 0) is 25.5 Å². The van der Waals surface area contributed by atoms with Crippen LogP contribution in [0, 0.1) is 0 Å². The van der Waals surface area contributed by atoms with Crippen LogP contribution in [0.2, 0.25) is 0 Å². The zero-order valence-electron chi connectivity index (χ0n) is 16.4. The second-order valence-corrected chi connectivity index (χ2v) is 5.67. The lowest BCUT2D eigenvalue weighted by molar-refractivity contribution is -0.105. The van der Waals surface area contributed by atoms with Crippen molar-refractivity contribution >= 4 is 31.3 Å². The molecule has 0 aromatic heterocycles. The van der Waals surface area contributed by atoms with Crippen LogP contribution in [0.15, 0.2) is 55.0 Å². The molecule has 4 heteroatoms. The Morgan fingerprint density at radius 3 is 2.19 bits per heavy atom. The SMILES string of the molecule is C=C(/C=c1/ccc2c(c1=C)CCC(OC)=C2)OC.C=C(C)C=O.C=CC=O. The topological polar surface area (TPSA) is 52.6 Å². The molecule has 0 aliphatic heterocycles. The second kappa shape index (κ2) is 13.1. The number of fused-ring (bicyclic) bond motifs is 1. The highest BCUT2D eigenvalue weighted by atomic mass is 16.5. The van der Waals surface area contributed by atoms with E-state index < -0.39 is 0 Å². The highest BCUT2D eigenvalue weighted by Gasteiger charge is 2.11. The zero-order valence-corrected chi connectivity index (χ0v) is 16.4. The molecule has 0 amide bonds. The highest BCUT2D eigenvalue weighted by molar-refractivity contribution is 5.70. The van der Waals surface area contributed by atoms with E-state index in [1.54, 1.807) is 21.1 Å². The molecule has 0 saturated carbocycles. The maximum atomic E-state index is 9.41. The molecule has 0 unspecified atom stereocenters. The maximum Gasteiger partial charge on any atom is 0.145 e. The van der Waals surface area contributed by atoms with Gasteiger partial charge >= 0.3 is 0 Å². The first kappa shape index (κ1) is 23.9. The van der Waals surface area contributed by atoms with Gasteiger partial charge in [-0.15, -0.1) is 0 Å². The Morgan fingerprint density at radius 2 is 1.74 bits per heavy atom. The van der Waals surface area contributed by atoms with Crippen molar-refractivity contribution in [2.45, 2.75) is 19.8 Å². The van der Waals surface area contributed by atoms with Crippen molar-refractivity contribution in [3.63, 3.8) is 0 Å². The lowest BCUT2D eigenvalue weighted by atomic mass is 9.93. The first-order valence-corrected chi connectivity index (χ1v) is 8.31. The summed E-state index contributed by atoms with van der Waals surface area (Å²) in [5, 5.41) is 2.12. The Bertz CT molecular complexity index is 823. The maximum absolute atomic E-state index is 9.41. The summed E-state index contributed by atoms with van der Waals surface area (Å²) in [6, 6.07) is 4.14. The standard InChI is InChI=1S/C16H18O2.C4H6O.C3H4O/c1-11(17-3)9-13-5-6-14-10-15(18-4)7-8-16(14)12(13)2;1-4(2)3-5;1-2-3-4/h5-6,9-10H,1-2,7-8H2,3-4H3;3H,1H2,2H3;2-3H,1H2/b13-9-;;. The Balaban J connectivity index is 0.000000630. The Kier molecular flexibility index (Phi) is 11.6. The minimum absolute atomic E-state index is 0.574. The van der Waals surface area contributed by atoms with E-state index in [-0.39, 0.29) is 0 Å². The molecule has 1 aromatic carbocycles. The predicted octanol–water partition coefficient (Wildman–Crippen LogP) is 3.10. The Morgan fingerprint density at radius 1 is 1.15 bits per heavy atom. The van der Waals surface area contributed by atoms with E-state index in [4.69, 9.17) is 14.3 Å². The molecule has 1 aromatic rings. The summed E-state index contributed by atoms with van der Waals surface area (Å²) in [6.45, 7) is 16.1. The van der Waals surface area contributed by atoms with Gasteiger partial charge in [0.25, 0.3) is 0 Å². The predicted molar refractivity (Wildman–Crippen MR) is 112 cm³/mol. The van der Waals surface area contributed by atoms with Crippen LogP contribution in [-0.4, -0.2) is 26.8 Å². The molecule has 0 radical (unpaired) electrons. The van der Waals surface area contributed by atoms with Crippen LogP contribution in [0.3, 0.4) is 0 Å². The van der Waals surface area contributed by atoms with Gasteiger partial charge in [-0.1, -0.05) is 38.4 Å². The van der Waals surface area contributed by atoms with E-state index in [9.17, 15) is 4.79 Å². The lowest BCUT2D eigenvalue weighted by Crippen LogP contribution is -2.29. The van der Waals surface area contributed by atoms with E-state index >= 15 is 0 Å². The van der Waals surface area contributed by atoms with Crippen LogP contribution in [0.4, 0.5) is 0 Å². The number of carbonyl (C=O) groups is 2. The second-order valence-electron chi connectivity index (χ2n) is 5.67. The third kappa shape index (κ3) is 8.68. The van der Waals surface area contributed by atoms with E-state index in [0.29, 0.717) is 17.6 Å². The summed E-state index contributed by atoms with van der Waals surface area (Å²) in [6.07, 6.45) is 8.45. The molecule has 1 aliphatic rings. The number of benzene rings is 1. The van der Waals surface area contributed by atoms with E-state index in [1.807, 2.05) is 12.1 Å². The van der Waals surface area contributed by atoms with Gasteiger partial charge in [0, 0.05) is 6.42 Å². The molecule has 0 atom stereocenters. The fourth-order valence-electron chi connectivity index (χ4n) is 2.18. The number of allylic oxidation sites excluding steroid dienone is 4. The normalized spacial score (nSPS) is 11.8. The van der Waals surface area contributed by atoms with Crippen molar-refractivity contribution < 1.29 is 19.1 Å². The molecule has 0 heterocycles. The number of aldehydes is 2. The van der Waals surface area contributed by atoms with Gasteiger partial charge in [-0.25, -0.2) is 0 Å². The monoisotopic (exact) mass is 368 g/mol. The number of hydrogen-bond acceptors (Lipinski definition) is 4. The third-order valence-corrected chi connectivity index (χ3v) is 3.58. The average molecular weight is 368 g/mol. The number of ether oxygens (including phenoxy) is 2. The number of rotatable bonds is 5. The first-order valence-electron chi connectivity index (χ1n) is 8.31. The van der Waals surface area contributed by atoms with Crippen molar-refractivity contribution in [1.29, 1.82) is 0 Å². The molecule has 4 nitrogen and oxygen atoms in total. The fraction of sp³-hybridized carbons (Fsp3) is 0.217. The molecule has 2 rings (SSSR count). The van der Waals surface area contributed by atoms with Crippen molar-refractivity contribution in [1.82, 2.24) is 0 Å². The van der Waals surface area contributed by atoms with Gasteiger partial charge in [0.2, 0.25) is 0 Å². The minimum atomic E-state index is 0.574. The quantitative estimate of drug-likeness (QED) is 0.455. The molecular formula is C23H28O4. The molecule has 0 fully saturated rings. The van der Waals surface area contributed by atoms with Gasteiger partial charge < -0.3 is 9.47 Å². The van der Waals surface area contributed by atoms with Gasteiger partial charge in [-0.2, -0.15) is 0 Å². The van der Waals surface area contributed by atoms with Gasteiger partial charge in [0.15, 0.2) is 0 Å². The molecular weight excluding hydrogens is 340 g/mol. The van der Waals surface area contributed by atoms with Gasteiger partial charge in [0.05, 0.1) is 20.0 Å². The van der Waals surface area contributed by atoms with Crippen molar-refractivity contribution in [2.24, 2.45) is 0 Å². The largest absolute Gasteiger partial charge is 0.501 e.